The van der Waals surface area contributed by atoms with Gasteiger partial charge in [0.25, 0.3) is 0 Å². The third-order valence-electron chi connectivity index (χ3n) is 1.58. The van der Waals surface area contributed by atoms with E-state index in [1.54, 1.807) is 0 Å². The van der Waals surface area contributed by atoms with E-state index < -0.39 is 10.0 Å². The van der Waals surface area contributed by atoms with Crippen LogP contribution in [-0.2, 0) is 0 Å². The summed E-state index contributed by atoms with van der Waals surface area (Å²) in [5.41, 5.74) is 0. The van der Waals surface area contributed by atoms with Crippen molar-refractivity contribution in [1.82, 2.24) is 0 Å². The minimum Gasteiger partial charge on any atom is -0.204 e. The summed E-state index contributed by atoms with van der Waals surface area (Å²) in [6.45, 7) is 2.20. The second-order valence-corrected chi connectivity index (χ2v) is 6.24. The summed E-state index contributed by atoms with van der Waals surface area (Å²) in [4.78, 5) is 1.54. The number of hydrogen-bond acceptors (Lipinski definition) is 0. The van der Waals surface area contributed by atoms with Gasteiger partial charge in [-0.2, -0.15) is 0 Å². The van der Waals surface area contributed by atoms with E-state index in [0.717, 1.165) is 0 Å². The molecule has 0 bridgehead atoms. The van der Waals surface area contributed by atoms with Crippen molar-refractivity contribution >= 4 is 10.0 Å². The molecular formula is C7H12S. The molecule has 46 valence electrons. The highest BCUT2D eigenvalue weighted by atomic mass is 32.3. The van der Waals surface area contributed by atoms with Gasteiger partial charge in [0.05, 0.1) is 0 Å². The number of hydrogen-bond donors (Lipinski definition) is 0. The Hall–Kier alpha value is -0.170. The monoisotopic (exact) mass is 128 g/mol. The van der Waals surface area contributed by atoms with Gasteiger partial charge in [0.1, 0.15) is 0 Å². The van der Waals surface area contributed by atoms with Crippen LogP contribution in [0.1, 0.15) is 6.92 Å². The molecule has 1 heterocycles. The molecule has 0 unspecified atom stereocenters. The van der Waals surface area contributed by atoms with Gasteiger partial charge in [-0.1, -0.05) is 12.2 Å². The van der Waals surface area contributed by atoms with Crippen LogP contribution in [0.3, 0.4) is 0 Å². The lowest BCUT2D eigenvalue weighted by molar-refractivity contribution is 1.67. The summed E-state index contributed by atoms with van der Waals surface area (Å²) >= 11 is 0. The molecule has 1 rings (SSSR count). The van der Waals surface area contributed by atoms with Crippen LogP contribution in [0.2, 0.25) is 0 Å². The number of rotatable bonds is 0. The fraction of sp³-hybridized carbons (Fsp3) is 0.429. The van der Waals surface area contributed by atoms with Crippen LogP contribution in [-0.4, -0.2) is 12.5 Å². The summed E-state index contributed by atoms with van der Waals surface area (Å²) in [6, 6.07) is 0. The van der Waals surface area contributed by atoms with Crippen molar-refractivity contribution in [3.63, 3.8) is 0 Å². The predicted molar refractivity (Wildman–Crippen MR) is 42.3 cm³/mol. The smallest absolute Gasteiger partial charge is 0.0276 e. The van der Waals surface area contributed by atoms with Crippen LogP contribution in [0.4, 0.5) is 0 Å². The lowest BCUT2D eigenvalue weighted by atomic mass is 10.5. The second kappa shape index (κ2) is 1.66. The molecule has 0 nitrogen and oxygen atoms in total. The molecule has 0 saturated heterocycles. The van der Waals surface area contributed by atoms with Gasteiger partial charge in [-0.05, 0) is 29.7 Å². The van der Waals surface area contributed by atoms with E-state index in [2.05, 4.69) is 37.0 Å². The molecule has 0 N–H and O–H groups in total. The first-order valence-corrected chi connectivity index (χ1v) is 5.22. The van der Waals surface area contributed by atoms with Crippen molar-refractivity contribution in [3.05, 3.63) is 22.5 Å². The average molecular weight is 128 g/mol. The van der Waals surface area contributed by atoms with Crippen molar-refractivity contribution in [2.45, 2.75) is 6.92 Å². The van der Waals surface area contributed by atoms with E-state index in [9.17, 15) is 0 Å². The minimum atomic E-state index is -0.444. The Morgan fingerprint density at radius 3 is 2.12 bits per heavy atom. The van der Waals surface area contributed by atoms with Gasteiger partial charge in [-0.25, -0.2) is 10.0 Å². The molecular weight excluding hydrogens is 116 g/mol. The first-order chi connectivity index (χ1) is 3.63. The Bertz CT molecular complexity index is 152. The van der Waals surface area contributed by atoms with Crippen molar-refractivity contribution in [3.8, 4) is 0 Å². The molecule has 0 aromatic rings. The highest BCUT2D eigenvalue weighted by Gasteiger charge is 2.11. The Labute approximate surface area is 52.6 Å². The molecule has 1 aliphatic rings. The van der Waals surface area contributed by atoms with E-state index >= 15 is 0 Å². The van der Waals surface area contributed by atoms with E-state index in [-0.39, 0.29) is 0 Å². The Kier molecular flexibility index (Phi) is 1.24. The van der Waals surface area contributed by atoms with E-state index in [0.29, 0.717) is 0 Å². The van der Waals surface area contributed by atoms with Crippen LogP contribution in [0.15, 0.2) is 22.5 Å². The van der Waals surface area contributed by atoms with Crippen LogP contribution in [0.5, 0.6) is 0 Å². The maximum atomic E-state index is 2.31. The zero-order valence-electron chi connectivity index (χ0n) is 5.64. The van der Waals surface area contributed by atoms with Crippen molar-refractivity contribution in [2.24, 2.45) is 0 Å². The van der Waals surface area contributed by atoms with Crippen LogP contribution < -0.4 is 0 Å². The number of allylic oxidation sites excluding steroid dienone is 3. The van der Waals surface area contributed by atoms with Gasteiger partial charge in [-0.15, -0.1) is 0 Å². The molecule has 1 heteroatoms. The molecule has 0 aromatic heterocycles. The quantitative estimate of drug-likeness (QED) is 0.470. The summed E-state index contributed by atoms with van der Waals surface area (Å²) in [6.07, 6.45) is 8.98. The fourth-order valence-corrected chi connectivity index (χ4v) is 1.77. The molecule has 0 aliphatic carbocycles. The molecule has 0 amide bonds. The molecule has 0 atom stereocenters. The third kappa shape index (κ3) is 0.826. The lowest BCUT2D eigenvalue weighted by Crippen LogP contribution is -1.85. The SMILES string of the molecule is CC1=CC=CS1(C)C. The van der Waals surface area contributed by atoms with Gasteiger partial charge >= 0.3 is 0 Å². The Morgan fingerprint density at radius 2 is 2.00 bits per heavy atom. The normalized spacial score (nSPS) is 27.6. The second-order valence-electron chi connectivity index (χ2n) is 2.51. The van der Waals surface area contributed by atoms with E-state index in [4.69, 9.17) is 0 Å². The topological polar surface area (TPSA) is 0 Å². The molecule has 0 fully saturated rings. The summed E-state index contributed by atoms with van der Waals surface area (Å²) in [5.74, 6) is 0. The zero-order valence-corrected chi connectivity index (χ0v) is 6.46. The standard InChI is InChI=1S/C7H12S/c1-7-5-4-6-8(7,2)3/h4-6H,1-3H3. The lowest BCUT2D eigenvalue weighted by Gasteiger charge is -2.23. The van der Waals surface area contributed by atoms with Crippen LogP contribution in [0, 0.1) is 0 Å². The van der Waals surface area contributed by atoms with Gasteiger partial charge in [0.2, 0.25) is 0 Å². The maximum absolute atomic E-state index is 2.31. The van der Waals surface area contributed by atoms with Gasteiger partial charge in [-0.3, -0.25) is 0 Å². The zero-order chi connectivity index (χ0) is 6.20. The average Bonchev–Trinajstić information content (AvgIpc) is 1.86. The highest BCUT2D eigenvalue weighted by molar-refractivity contribution is 8.38. The van der Waals surface area contributed by atoms with Gasteiger partial charge in [0.15, 0.2) is 0 Å². The first kappa shape index (κ1) is 5.96. The maximum Gasteiger partial charge on any atom is -0.0276 e. The minimum absolute atomic E-state index is 0.444. The van der Waals surface area contributed by atoms with E-state index in [1.165, 1.54) is 4.91 Å². The molecule has 0 spiro atoms. The highest BCUT2D eigenvalue weighted by Crippen LogP contribution is 2.52. The predicted octanol–water partition coefficient (Wildman–Crippen LogP) is 2.48. The Balaban J connectivity index is 2.87. The third-order valence-corrected chi connectivity index (χ3v) is 4.21. The molecule has 8 heavy (non-hydrogen) atoms. The fourth-order valence-electron chi connectivity index (χ4n) is 0.654. The molecule has 0 saturated carbocycles. The molecule has 1 aliphatic heterocycles. The summed E-state index contributed by atoms with van der Waals surface area (Å²) in [7, 11) is -0.444. The van der Waals surface area contributed by atoms with Crippen molar-refractivity contribution in [1.29, 1.82) is 0 Å². The summed E-state index contributed by atoms with van der Waals surface area (Å²) < 4.78 is 0. The van der Waals surface area contributed by atoms with Crippen LogP contribution in [0.25, 0.3) is 0 Å². The largest absolute Gasteiger partial charge is 0.204 e. The summed E-state index contributed by atoms with van der Waals surface area (Å²) in [5, 5.41) is 2.31. The van der Waals surface area contributed by atoms with Crippen LogP contribution >= 0.6 is 10.0 Å². The van der Waals surface area contributed by atoms with Crippen molar-refractivity contribution < 1.29 is 0 Å². The molecule has 0 radical (unpaired) electrons. The molecule has 0 aromatic carbocycles. The van der Waals surface area contributed by atoms with Crippen molar-refractivity contribution in [2.75, 3.05) is 12.5 Å². The van der Waals surface area contributed by atoms with Gasteiger partial charge < -0.3 is 0 Å². The Morgan fingerprint density at radius 1 is 1.38 bits per heavy atom. The van der Waals surface area contributed by atoms with Gasteiger partial charge in [0, 0.05) is 0 Å². The first-order valence-electron chi connectivity index (χ1n) is 2.71. The van der Waals surface area contributed by atoms with E-state index in [1.807, 2.05) is 0 Å².